The summed E-state index contributed by atoms with van der Waals surface area (Å²) in [5.41, 5.74) is 0.457. The maximum Gasteiger partial charge on any atom is 0.00679 e. The SMILES string of the molecule is CCN1CCC(C(C)NCCC(C)(C)C)CC1. The minimum Gasteiger partial charge on any atom is -0.314 e. The van der Waals surface area contributed by atoms with Gasteiger partial charge in [0.05, 0.1) is 0 Å². The smallest absolute Gasteiger partial charge is 0.00679 e. The van der Waals surface area contributed by atoms with Gasteiger partial charge in [-0.15, -0.1) is 0 Å². The molecule has 1 aliphatic heterocycles. The summed E-state index contributed by atoms with van der Waals surface area (Å²) in [7, 11) is 0. The first-order chi connectivity index (χ1) is 7.92. The second kappa shape index (κ2) is 6.75. The normalized spacial score (nSPS) is 21.7. The highest BCUT2D eigenvalue weighted by atomic mass is 15.1. The monoisotopic (exact) mass is 240 g/mol. The average molecular weight is 240 g/mol. The van der Waals surface area contributed by atoms with Crippen LogP contribution in [-0.4, -0.2) is 37.1 Å². The van der Waals surface area contributed by atoms with Gasteiger partial charge in [-0.25, -0.2) is 0 Å². The molecule has 0 radical (unpaired) electrons. The van der Waals surface area contributed by atoms with Crippen LogP contribution in [0, 0.1) is 11.3 Å². The molecule has 1 fully saturated rings. The van der Waals surface area contributed by atoms with E-state index in [1.807, 2.05) is 0 Å². The van der Waals surface area contributed by atoms with Gasteiger partial charge in [-0.05, 0) is 63.7 Å². The van der Waals surface area contributed by atoms with E-state index in [4.69, 9.17) is 0 Å². The Labute approximate surface area is 108 Å². The van der Waals surface area contributed by atoms with Gasteiger partial charge in [-0.1, -0.05) is 27.7 Å². The van der Waals surface area contributed by atoms with Gasteiger partial charge in [0.25, 0.3) is 0 Å². The van der Waals surface area contributed by atoms with Crippen molar-refractivity contribution in [3.63, 3.8) is 0 Å². The van der Waals surface area contributed by atoms with Crippen molar-refractivity contribution in [2.24, 2.45) is 11.3 Å². The van der Waals surface area contributed by atoms with Crippen LogP contribution in [0.1, 0.15) is 53.9 Å². The molecule has 2 heteroatoms. The number of nitrogens with one attached hydrogen (secondary N) is 1. The zero-order valence-corrected chi connectivity index (χ0v) is 12.6. The van der Waals surface area contributed by atoms with E-state index < -0.39 is 0 Å². The number of rotatable bonds is 5. The van der Waals surface area contributed by atoms with E-state index in [1.54, 1.807) is 0 Å². The molecule has 0 aromatic carbocycles. The molecule has 1 rings (SSSR count). The molecule has 102 valence electrons. The highest BCUT2D eigenvalue weighted by Crippen LogP contribution is 2.21. The van der Waals surface area contributed by atoms with Crippen LogP contribution in [0.15, 0.2) is 0 Å². The Hall–Kier alpha value is -0.0800. The summed E-state index contributed by atoms with van der Waals surface area (Å²) in [5.74, 6) is 0.887. The Morgan fingerprint density at radius 3 is 2.29 bits per heavy atom. The van der Waals surface area contributed by atoms with E-state index in [-0.39, 0.29) is 0 Å². The van der Waals surface area contributed by atoms with Crippen molar-refractivity contribution >= 4 is 0 Å². The number of nitrogens with zero attached hydrogens (tertiary/aromatic N) is 1. The van der Waals surface area contributed by atoms with Gasteiger partial charge in [0.1, 0.15) is 0 Å². The number of likely N-dealkylation sites (tertiary alicyclic amines) is 1. The standard InChI is InChI=1S/C15H32N2/c1-6-17-11-7-14(8-12-17)13(2)16-10-9-15(3,4)5/h13-14,16H,6-12H2,1-5H3. The van der Waals surface area contributed by atoms with Crippen LogP contribution in [-0.2, 0) is 0 Å². The molecule has 1 N–H and O–H groups in total. The number of hydrogen-bond acceptors (Lipinski definition) is 2. The average Bonchev–Trinajstić information content (AvgIpc) is 2.27. The zero-order chi connectivity index (χ0) is 12.9. The molecule has 0 aliphatic carbocycles. The summed E-state index contributed by atoms with van der Waals surface area (Å²) in [4.78, 5) is 2.57. The second-order valence-electron chi connectivity index (χ2n) is 6.83. The van der Waals surface area contributed by atoms with Gasteiger partial charge >= 0.3 is 0 Å². The summed E-state index contributed by atoms with van der Waals surface area (Å²) in [6.07, 6.45) is 4.01. The molecule has 0 aromatic rings. The number of piperidine rings is 1. The van der Waals surface area contributed by atoms with E-state index in [0.717, 1.165) is 5.92 Å². The van der Waals surface area contributed by atoms with Crippen molar-refractivity contribution in [3.05, 3.63) is 0 Å². The van der Waals surface area contributed by atoms with Crippen LogP contribution in [0.25, 0.3) is 0 Å². The fourth-order valence-corrected chi connectivity index (χ4v) is 2.61. The fraction of sp³-hybridized carbons (Fsp3) is 1.00. The van der Waals surface area contributed by atoms with E-state index in [0.29, 0.717) is 11.5 Å². The zero-order valence-electron chi connectivity index (χ0n) is 12.6. The summed E-state index contributed by atoms with van der Waals surface area (Å²) in [6, 6.07) is 0.691. The maximum atomic E-state index is 3.72. The third kappa shape index (κ3) is 5.87. The second-order valence-corrected chi connectivity index (χ2v) is 6.83. The van der Waals surface area contributed by atoms with Crippen LogP contribution >= 0.6 is 0 Å². The minimum atomic E-state index is 0.457. The van der Waals surface area contributed by atoms with Crippen LogP contribution < -0.4 is 5.32 Å². The van der Waals surface area contributed by atoms with Crippen LogP contribution in [0.3, 0.4) is 0 Å². The van der Waals surface area contributed by atoms with Gasteiger partial charge in [0, 0.05) is 6.04 Å². The van der Waals surface area contributed by atoms with Crippen molar-refractivity contribution in [2.75, 3.05) is 26.2 Å². The molecular weight excluding hydrogens is 208 g/mol. The lowest BCUT2D eigenvalue weighted by molar-refractivity contribution is 0.167. The minimum absolute atomic E-state index is 0.457. The predicted molar refractivity (Wildman–Crippen MR) is 76.4 cm³/mol. The summed E-state index contributed by atoms with van der Waals surface area (Å²) < 4.78 is 0. The lowest BCUT2D eigenvalue weighted by Crippen LogP contribution is -2.42. The molecule has 0 spiro atoms. The molecule has 0 saturated carbocycles. The van der Waals surface area contributed by atoms with Gasteiger partial charge < -0.3 is 10.2 Å². The third-order valence-electron chi connectivity index (χ3n) is 4.13. The fourth-order valence-electron chi connectivity index (χ4n) is 2.61. The van der Waals surface area contributed by atoms with E-state index in [9.17, 15) is 0 Å². The molecular formula is C15H32N2. The lowest BCUT2D eigenvalue weighted by Gasteiger charge is -2.35. The molecule has 0 aromatic heterocycles. The third-order valence-corrected chi connectivity index (χ3v) is 4.13. The molecule has 2 nitrogen and oxygen atoms in total. The van der Waals surface area contributed by atoms with Crippen molar-refractivity contribution in [2.45, 2.75) is 59.9 Å². The lowest BCUT2D eigenvalue weighted by atomic mass is 9.89. The summed E-state index contributed by atoms with van der Waals surface area (Å²) in [6.45, 7) is 16.6. The van der Waals surface area contributed by atoms with Crippen molar-refractivity contribution in [1.29, 1.82) is 0 Å². The first-order valence-electron chi connectivity index (χ1n) is 7.38. The van der Waals surface area contributed by atoms with Crippen LogP contribution in [0.5, 0.6) is 0 Å². The quantitative estimate of drug-likeness (QED) is 0.794. The Bertz CT molecular complexity index is 199. The van der Waals surface area contributed by atoms with Gasteiger partial charge in [-0.3, -0.25) is 0 Å². The first-order valence-corrected chi connectivity index (χ1v) is 7.38. The molecule has 1 saturated heterocycles. The molecule has 1 heterocycles. The summed E-state index contributed by atoms with van der Waals surface area (Å²) in [5, 5.41) is 3.72. The molecule has 0 amide bonds. The highest BCUT2D eigenvalue weighted by molar-refractivity contribution is 4.79. The van der Waals surface area contributed by atoms with Crippen molar-refractivity contribution in [3.8, 4) is 0 Å². The maximum absolute atomic E-state index is 3.72. The molecule has 0 bridgehead atoms. The van der Waals surface area contributed by atoms with Gasteiger partial charge in [0.15, 0.2) is 0 Å². The highest BCUT2D eigenvalue weighted by Gasteiger charge is 2.23. The van der Waals surface area contributed by atoms with Gasteiger partial charge in [-0.2, -0.15) is 0 Å². The van der Waals surface area contributed by atoms with E-state index >= 15 is 0 Å². The predicted octanol–water partition coefficient (Wildman–Crippen LogP) is 3.13. The number of hydrogen-bond donors (Lipinski definition) is 1. The Balaban J connectivity index is 2.18. The van der Waals surface area contributed by atoms with Crippen LogP contribution in [0.4, 0.5) is 0 Å². The molecule has 17 heavy (non-hydrogen) atoms. The van der Waals surface area contributed by atoms with Crippen LogP contribution in [0.2, 0.25) is 0 Å². The van der Waals surface area contributed by atoms with E-state index in [2.05, 4.69) is 44.8 Å². The van der Waals surface area contributed by atoms with Gasteiger partial charge in [0.2, 0.25) is 0 Å². The van der Waals surface area contributed by atoms with Crippen molar-refractivity contribution < 1.29 is 0 Å². The summed E-state index contributed by atoms with van der Waals surface area (Å²) >= 11 is 0. The molecule has 1 atom stereocenters. The largest absolute Gasteiger partial charge is 0.314 e. The Morgan fingerprint density at radius 2 is 1.82 bits per heavy atom. The molecule has 1 aliphatic rings. The Kier molecular flexibility index (Phi) is 5.94. The Morgan fingerprint density at radius 1 is 1.24 bits per heavy atom. The van der Waals surface area contributed by atoms with E-state index in [1.165, 1.54) is 45.4 Å². The molecule has 1 unspecified atom stereocenters. The topological polar surface area (TPSA) is 15.3 Å². The first kappa shape index (κ1) is 15.0. The van der Waals surface area contributed by atoms with Crippen molar-refractivity contribution in [1.82, 2.24) is 10.2 Å².